The minimum Gasteiger partial charge on any atom is -0.406 e. The van der Waals surface area contributed by atoms with Crippen LogP contribution in [0.15, 0.2) is 60.7 Å². The molecule has 0 saturated heterocycles. The molecule has 0 radical (unpaired) electrons. The molecular formula is C17H14F3NO2. The van der Waals surface area contributed by atoms with Gasteiger partial charge in [0.05, 0.1) is 0 Å². The Labute approximate surface area is 131 Å². The first kappa shape index (κ1) is 16.6. The number of amides is 1. The molecule has 0 unspecified atom stereocenters. The topological polar surface area (TPSA) is 38.3 Å². The first-order valence-electron chi connectivity index (χ1n) is 6.80. The maximum Gasteiger partial charge on any atom is 0.573 e. The third-order valence-corrected chi connectivity index (χ3v) is 2.84. The molecule has 0 bridgehead atoms. The van der Waals surface area contributed by atoms with Gasteiger partial charge in [-0.3, -0.25) is 4.79 Å². The summed E-state index contributed by atoms with van der Waals surface area (Å²) >= 11 is 0. The summed E-state index contributed by atoms with van der Waals surface area (Å²) in [5, 5.41) is 2.65. The van der Waals surface area contributed by atoms with Crippen molar-refractivity contribution in [1.29, 1.82) is 0 Å². The van der Waals surface area contributed by atoms with Crippen LogP contribution >= 0.6 is 0 Å². The van der Waals surface area contributed by atoms with Crippen LogP contribution in [0.2, 0.25) is 0 Å². The van der Waals surface area contributed by atoms with Crippen molar-refractivity contribution in [1.82, 2.24) is 5.32 Å². The molecule has 0 aliphatic carbocycles. The maximum atomic E-state index is 12.0. The van der Waals surface area contributed by atoms with E-state index in [1.165, 1.54) is 12.1 Å². The molecule has 0 aliphatic heterocycles. The van der Waals surface area contributed by atoms with Crippen LogP contribution in [0.3, 0.4) is 0 Å². The Morgan fingerprint density at radius 2 is 1.70 bits per heavy atom. The molecule has 6 heteroatoms. The van der Waals surface area contributed by atoms with Crippen LogP contribution < -0.4 is 10.1 Å². The van der Waals surface area contributed by atoms with Gasteiger partial charge in [0.25, 0.3) is 5.91 Å². The maximum absolute atomic E-state index is 12.0. The van der Waals surface area contributed by atoms with Gasteiger partial charge in [-0.05, 0) is 29.8 Å². The smallest absolute Gasteiger partial charge is 0.406 e. The SMILES string of the molecule is O=C(NC/C=C/c1ccccc1)c1ccc(OC(F)(F)F)cc1. The molecule has 0 spiro atoms. The summed E-state index contributed by atoms with van der Waals surface area (Å²) in [6, 6.07) is 14.3. The number of halogens is 3. The fourth-order valence-electron chi connectivity index (χ4n) is 1.82. The van der Waals surface area contributed by atoms with E-state index in [1.807, 2.05) is 36.4 Å². The summed E-state index contributed by atoms with van der Waals surface area (Å²) in [4.78, 5) is 11.8. The normalized spacial score (nSPS) is 11.4. The number of carbonyl (C=O) groups is 1. The van der Waals surface area contributed by atoms with Crippen LogP contribution in [0.4, 0.5) is 13.2 Å². The molecule has 0 heterocycles. The van der Waals surface area contributed by atoms with E-state index in [9.17, 15) is 18.0 Å². The third kappa shape index (κ3) is 5.86. The van der Waals surface area contributed by atoms with Crippen LogP contribution in [0, 0.1) is 0 Å². The number of benzene rings is 2. The van der Waals surface area contributed by atoms with Crippen LogP contribution in [-0.2, 0) is 0 Å². The first-order valence-corrected chi connectivity index (χ1v) is 6.80. The molecule has 0 aliphatic rings. The van der Waals surface area contributed by atoms with E-state index in [0.717, 1.165) is 17.7 Å². The number of hydrogen-bond acceptors (Lipinski definition) is 2. The Kier molecular flexibility index (Phi) is 5.41. The molecule has 3 nitrogen and oxygen atoms in total. The van der Waals surface area contributed by atoms with Crippen LogP contribution in [0.5, 0.6) is 5.75 Å². The molecule has 120 valence electrons. The van der Waals surface area contributed by atoms with Crippen LogP contribution in [0.25, 0.3) is 6.08 Å². The molecule has 0 fully saturated rings. The monoisotopic (exact) mass is 321 g/mol. The first-order chi connectivity index (χ1) is 10.9. The zero-order chi connectivity index (χ0) is 16.7. The molecule has 1 amide bonds. The molecule has 2 aromatic rings. The number of ether oxygens (including phenoxy) is 1. The lowest BCUT2D eigenvalue weighted by molar-refractivity contribution is -0.274. The van der Waals surface area contributed by atoms with Crippen molar-refractivity contribution in [2.45, 2.75) is 6.36 Å². The van der Waals surface area contributed by atoms with Gasteiger partial charge in [-0.1, -0.05) is 42.5 Å². The van der Waals surface area contributed by atoms with Crippen molar-refractivity contribution in [2.24, 2.45) is 0 Å². The number of rotatable bonds is 5. The molecule has 1 N–H and O–H groups in total. The quantitative estimate of drug-likeness (QED) is 0.903. The Morgan fingerprint density at radius 1 is 1.04 bits per heavy atom. The van der Waals surface area contributed by atoms with E-state index >= 15 is 0 Å². The Balaban J connectivity index is 1.85. The molecule has 2 aromatic carbocycles. The number of carbonyl (C=O) groups excluding carboxylic acids is 1. The van der Waals surface area contributed by atoms with Gasteiger partial charge in [0.1, 0.15) is 5.75 Å². The molecular weight excluding hydrogens is 307 g/mol. The van der Waals surface area contributed by atoms with Crippen molar-refractivity contribution in [3.8, 4) is 5.75 Å². The Hall–Kier alpha value is -2.76. The second-order valence-electron chi connectivity index (χ2n) is 4.60. The molecule has 0 saturated carbocycles. The van der Waals surface area contributed by atoms with E-state index in [2.05, 4.69) is 10.1 Å². The third-order valence-electron chi connectivity index (χ3n) is 2.84. The van der Waals surface area contributed by atoms with Crippen molar-refractivity contribution in [3.05, 3.63) is 71.8 Å². The highest BCUT2D eigenvalue weighted by molar-refractivity contribution is 5.94. The van der Waals surface area contributed by atoms with Gasteiger partial charge in [0, 0.05) is 12.1 Å². The fraction of sp³-hybridized carbons (Fsp3) is 0.118. The molecule has 23 heavy (non-hydrogen) atoms. The highest BCUT2D eigenvalue weighted by Gasteiger charge is 2.31. The second-order valence-corrected chi connectivity index (χ2v) is 4.60. The van der Waals surface area contributed by atoms with E-state index in [-0.39, 0.29) is 17.2 Å². The van der Waals surface area contributed by atoms with Gasteiger partial charge in [-0.25, -0.2) is 0 Å². The number of hydrogen-bond donors (Lipinski definition) is 1. The summed E-state index contributed by atoms with van der Waals surface area (Å²) in [7, 11) is 0. The number of alkyl halides is 3. The van der Waals surface area contributed by atoms with Gasteiger partial charge in [0.15, 0.2) is 0 Å². The van der Waals surface area contributed by atoms with Crippen molar-refractivity contribution < 1.29 is 22.7 Å². The predicted molar refractivity (Wildman–Crippen MR) is 80.9 cm³/mol. The van der Waals surface area contributed by atoms with Gasteiger partial charge >= 0.3 is 6.36 Å². The number of nitrogens with one attached hydrogen (secondary N) is 1. The summed E-state index contributed by atoms with van der Waals surface area (Å²) in [6.45, 7) is 0.314. The Morgan fingerprint density at radius 3 is 2.30 bits per heavy atom. The average Bonchev–Trinajstić information content (AvgIpc) is 2.51. The van der Waals surface area contributed by atoms with Crippen LogP contribution in [0.1, 0.15) is 15.9 Å². The van der Waals surface area contributed by atoms with Crippen molar-refractivity contribution >= 4 is 12.0 Å². The van der Waals surface area contributed by atoms with Crippen molar-refractivity contribution in [3.63, 3.8) is 0 Å². The van der Waals surface area contributed by atoms with Gasteiger partial charge in [-0.15, -0.1) is 13.2 Å². The highest BCUT2D eigenvalue weighted by Crippen LogP contribution is 2.22. The minimum atomic E-state index is -4.74. The highest BCUT2D eigenvalue weighted by atomic mass is 19.4. The standard InChI is InChI=1S/C17H14F3NO2/c18-17(19,20)23-15-10-8-14(9-11-15)16(22)21-12-4-7-13-5-2-1-3-6-13/h1-11H,12H2,(H,21,22)/b7-4+. The lowest BCUT2D eigenvalue weighted by atomic mass is 10.2. The Bertz CT molecular complexity index is 664. The molecule has 0 atom stereocenters. The predicted octanol–water partition coefficient (Wildman–Crippen LogP) is 4.03. The summed E-state index contributed by atoms with van der Waals surface area (Å²) < 4.78 is 39.9. The van der Waals surface area contributed by atoms with Gasteiger partial charge in [0.2, 0.25) is 0 Å². The largest absolute Gasteiger partial charge is 0.573 e. The minimum absolute atomic E-state index is 0.257. The van der Waals surface area contributed by atoms with E-state index in [0.29, 0.717) is 6.54 Å². The average molecular weight is 321 g/mol. The molecule has 0 aromatic heterocycles. The van der Waals surface area contributed by atoms with Gasteiger partial charge < -0.3 is 10.1 Å². The lowest BCUT2D eigenvalue weighted by Gasteiger charge is -2.09. The van der Waals surface area contributed by atoms with Crippen molar-refractivity contribution in [2.75, 3.05) is 6.54 Å². The van der Waals surface area contributed by atoms with E-state index < -0.39 is 6.36 Å². The summed E-state index contributed by atoms with van der Waals surface area (Å²) in [6.07, 6.45) is -1.10. The zero-order valence-electron chi connectivity index (χ0n) is 12.0. The second kappa shape index (κ2) is 7.49. The zero-order valence-corrected chi connectivity index (χ0v) is 12.0. The summed E-state index contributed by atoms with van der Waals surface area (Å²) in [5.41, 5.74) is 1.27. The molecule has 2 rings (SSSR count). The summed E-state index contributed by atoms with van der Waals surface area (Å²) in [5.74, 6) is -0.737. The fourth-order valence-corrected chi connectivity index (χ4v) is 1.82. The van der Waals surface area contributed by atoms with Crippen LogP contribution in [-0.4, -0.2) is 18.8 Å². The van der Waals surface area contributed by atoms with E-state index in [1.54, 1.807) is 6.08 Å². The lowest BCUT2D eigenvalue weighted by Crippen LogP contribution is -2.23. The van der Waals surface area contributed by atoms with Gasteiger partial charge in [-0.2, -0.15) is 0 Å². The van der Waals surface area contributed by atoms with E-state index in [4.69, 9.17) is 0 Å².